The van der Waals surface area contributed by atoms with Gasteiger partial charge in [-0.2, -0.15) is 0 Å². The molecule has 162 valence electrons. The standard InChI is InChI=1S/C27H31NO2S/c1-2-22(23-7-4-3-5-8-23)21-26(27-9-6-20-31-27)24-10-12-25(13-11-24)30-19-16-28-14-17-29-18-15-28/h3-13,20-21,26H,2,14-19H2,1H3/p+1/t26-/m1/s1. The summed E-state index contributed by atoms with van der Waals surface area (Å²) >= 11 is 1.82. The fraction of sp³-hybridized carbons (Fsp3) is 0.333. The van der Waals surface area contributed by atoms with Gasteiger partial charge in [0.25, 0.3) is 0 Å². The van der Waals surface area contributed by atoms with E-state index in [0.29, 0.717) is 0 Å². The van der Waals surface area contributed by atoms with E-state index in [9.17, 15) is 0 Å². The average Bonchev–Trinajstić information content (AvgIpc) is 3.36. The molecule has 1 aliphatic heterocycles. The third-order valence-corrected chi connectivity index (χ3v) is 6.86. The number of hydrogen-bond acceptors (Lipinski definition) is 3. The van der Waals surface area contributed by atoms with Crippen LogP contribution in [0.2, 0.25) is 0 Å². The van der Waals surface area contributed by atoms with Gasteiger partial charge in [0.05, 0.1) is 13.2 Å². The molecule has 0 radical (unpaired) electrons. The summed E-state index contributed by atoms with van der Waals surface area (Å²) in [5, 5.41) is 2.16. The number of rotatable bonds is 9. The lowest BCUT2D eigenvalue weighted by atomic mass is 9.91. The fourth-order valence-corrected chi connectivity index (χ4v) is 4.90. The molecule has 3 aromatic rings. The number of thiophene rings is 1. The van der Waals surface area contributed by atoms with Crippen LogP contribution in [0.5, 0.6) is 5.75 Å². The number of morpholine rings is 1. The molecule has 0 bridgehead atoms. The summed E-state index contributed by atoms with van der Waals surface area (Å²) in [5.74, 6) is 1.20. The quantitative estimate of drug-likeness (QED) is 0.529. The van der Waals surface area contributed by atoms with E-state index in [1.54, 1.807) is 4.90 Å². The van der Waals surface area contributed by atoms with Gasteiger partial charge in [-0.25, -0.2) is 0 Å². The zero-order chi connectivity index (χ0) is 21.3. The van der Waals surface area contributed by atoms with Crippen LogP contribution in [-0.2, 0) is 4.74 Å². The zero-order valence-corrected chi connectivity index (χ0v) is 19.1. The third kappa shape index (κ3) is 6.07. The highest BCUT2D eigenvalue weighted by Crippen LogP contribution is 2.34. The van der Waals surface area contributed by atoms with E-state index in [-0.39, 0.29) is 5.92 Å². The number of benzene rings is 2. The van der Waals surface area contributed by atoms with Crippen LogP contribution in [0.3, 0.4) is 0 Å². The van der Waals surface area contributed by atoms with Crippen molar-refractivity contribution in [1.82, 2.24) is 0 Å². The molecule has 2 aromatic carbocycles. The molecule has 0 saturated carbocycles. The van der Waals surface area contributed by atoms with Gasteiger partial charge in [-0.15, -0.1) is 11.3 Å². The van der Waals surface area contributed by atoms with Crippen molar-refractivity contribution in [1.29, 1.82) is 0 Å². The summed E-state index contributed by atoms with van der Waals surface area (Å²) in [6.45, 7) is 7.91. The number of allylic oxidation sites excluding steroid dienone is 2. The Hall–Kier alpha value is -2.40. The maximum atomic E-state index is 6.03. The van der Waals surface area contributed by atoms with Crippen molar-refractivity contribution in [3.63, 3.8) is 0 Å². The molecule has 0 unspecified atom stereocenters. The summed E-state index contributed by atoms with van der Waals surface area (Å²) in [6.07, 6.45) is 3.44. The van der Waals surface area contributed by atoms with Crippen LogP contribution in [0.1, 0.15) is 35.3 Å². The average molecular weight is 435 g/mol. The summed E-state index contributed by atoms with van der Waals surface area (Å²) in [4.78, 5) is 2.94. The van der Waals surface area contributed by atoms with Gasteiger partial charge in [0.1, 0.15) is 32.0 Å². The Labute approximate surface area is 189 Å². The SMILES string of the molecule is CCC(=C[C@H](c1ccc(OCC[NH+]2CCOCC2)cc1)c1cccs1)c1ccccc1. The van der Waals surface area contributed by atoms with Crippen LogP contribution in [0.25, 0.3) is 5.57 Å². The van der Waals surface area contributed by atoms with E-state index in [2.05, 4.69) is 85.1 Å². The molecule has 0 amide bonds. The van der Waals surface area contributed by atoms with Crippen LogP contribution < -0.4 is 9.64 Å². The first-order valence-corrected chi connectivity index (χ1v) is 12.1. The van der Waals surface area contributed by atoms with Crippen molar-refractivity contribution < 1.29 is 14.4 Å². The molecule has 1 aliphatic rings. The Morgan fingerprint density at radius 1 is 1.03 bits per heavy atom. The smallest absolute Gasteiger partial charge is 0.137 e. The van der Waals surface area contributed by atoms with Gasteiger partial charge < -0.3 is 14.4 Å². The highest BCUT2D eigenvalue weighted by Gasteiger charge is 2.16. The molecule has 2 heterocycles. The van der Waals surface area contributed by atoms with E-state index in [0.717, 1.165) is 51.6 Å². The largest absolute Gasteiger partial charge is 0.488 e. The van der Waals surface area contributed by atoms with Gasteiger partial charge in [0.15, 0.2) is 0 Å². The summed E-state index contributed by atoms with van der Waals surface area (Å²) < 4.78 is 11.5. The summed E-state index contributed by atoms with van der Waals surface area (Å²) in [5.41, 5.74) is 3.99. The van der Waals surface area contributed by atoms with Gasteiger partial charge >= 0.3 is 0 Å². The molecule has 1 aromatic heterocycles. The first kappa shape index (κ1) is 21.8. The Morgan fingerprint density at radius 2 is 1.81 bits per heavy atom. The molecule has 1 N–H and O–H groups in total. The summed E-state index contributed by atoms with van der Waals surface area (Å²) in [6, 6.07) is 23.8. The minimum absolute atomic E-state index is 0.252. The van der Waals surface area contributed by atoms with Gasteiger partial charge in [0, 0.05) is 10.8 Å². The number of quaternary nitrogens is 1. The molecule has 1 fully saturated rings. The van der Waals surface area contributed by atoms with E-state index in [1.807, 2.05) is 11.3 Å². The second-order valence-corrected chi connectivity index (χ2v) is 8.91. The molecule has 0 spiro atoms. The van der Waals surface area contributed by atoms with Gasteiger partial charge in [-0.3, -0.25) is 0 Å². The molecule has 1 saturated heterocycles. The van der Waals surface area contributed by atoms with E-state index in [4.69, 9.17) is 9.47 Å². The molecular formula is C27H32NO2S+. The van der Waals surface area contributed by atoms with Gasteiger partial charge in [-0.1, -0.05) is 61.5 Å². The minimum atomic E-state index is 0.252. The van der Waals surface area contributed by atoms with Crippen LogP contribution in [0, 0.1) is 0 Å². The van der Waals surface area contributed by atoms with Crippen molar-refractivity contribution in [2.24, 2.45) is 0 Å². The first-order valence-electron chi connectivity index (χ1n) is 11.3. The molecule has 31 heavy (non-hydrogen) atoms. The predicted octanol–water partition coefficient (Wildman–Crippen LogP) is 4.67. The van der Waals surface area contributed by atoms with E-state index >= 15 is 0 Å². The predicted molar refractivity (Wildman–Crippen MR) is 129 cm³/mol. The Balaban J connectivity index is 1.48. The summed E-state index contributed by atoms with van der Waals surface area (Å²) in [7, 11) is 0. The van der Waals surface area contributed by atoms with Crippen molar-refractivity contribution in [3.05, 3.63) is 94.2 Å². The Kier molecular flexibility index (Phi) is 7.94. The monoisotopic (exact) mass is 434 g/mol. The van der Waals surface area contributed by atoms with Crippen molar-refractivity contribution >= 4 is 16.9 Å². The molecule has 4 rings (SSSR count). The van der Waals surface area contributed by atoms with E-state index < -0.39 is 0 Å². The van der Waals surface area contributed by atoms with Crippen LogP contribution in [0.15, 0.2) is 78.2 Å². The number of ether oxygens (including phenoxy) is 2. The first-order chi connectivity index (χ1) is 15.3. The lowest BCUT2D eigenvalue weighted by Crippen LogP contribution is -3.14. The zero-order valence-electron chi connectivity index (χ0n) is 18.3. The molecule has 0 aliphatic carbocycles. The van der Waals surface area contributed by atoms with Crippen LogP contribution in [0.4, 0.5) is 0 Å². The lowest BCUT2D eigenvalue weighted by molar-refractivity contribution is -0.908. The van der Waals surface area contributed by atoms with Crippen LogP contribution in [-0.4, -0.2) is 39.5 Å². The topological polar surface area (TPSA) is 22.9 Å². The molecular weight excluding hydrogens is 402 g/mol. The molecule has 4 heteroatoms. The molecule has 3 nitrogen and oxygen atoms in total. The Bertz CT molecular complexity index is 929. The van der Waals surface area contributed by atoms with Crippen molar-refractivity contribution in [2.75, 3.05) is 39.5 Å². The fourth-order valence-electron chi connectivity index (χ4n) is 4.08. The van der Waals surface area contributed by atoms with E-state index in [1.165, 1.54) is 21.6 Å². The molecule has 1 atom stereocenters. The Morgan fingerprint density at radius 3 is 2.48 bits per heavy atom. The van der Waals surface area contributed by atoms with Crippen molar-refractivity contribution in [2.45, 2.75) is 19.3 Å². The third-order valence-electron chi connectivity index (χ3n) is 5.91. The highest BCUT2D eigenvalue weighted by atomic mass is 32.1. The van der Waals surface area contributed by atoms with Gasteiger partial charge in [-0.05, 0) is 46.7 Å². The number of nitrogens with one attached hydrogen (secondary N) is 1. The number of hydrogen-bond donors (Lipinski definition) is 1. The highest BCUT2D eigenvalue weighted by molar-refractivity contribution is 7.10. The second-order valence-electron chi connectivity index (χ2n) is 7.93. The van der Waals surface area contributed by atoms with Crippen molar-refractivity contribution in [3.8, 4) is 5.75 Å². The maximum absolute atomic E-state index is 6.03. The van der Waals surface area contributed by atoms with Gasteiger partial charge in [0.2, 0.25) is 0 Å². The maximum Gasteiger partial charge on any atom is 0.137 e. The second kappa shape index (κ2) is 11.3. The normalized spacial score (nSPS) is 16.2. The lowest BCUT2D eigenvalue weighted by Gasteiger charge is -2.23. The van der Waals surface area contributed by atoms with Crippen LogP contribution >= 0.6 is 11.3 Å². The minimum Gasteiger partial charge on any atom is -0.488 e.